The van der Waals surface area contributed by atoms with Gasteiger partial charge in [-0.05, 0) is 54.4 Å². The lowest BCUT2D eigenvalue weighted by Crippen LogP contribution is -2.26. The second-order valence-corrected chi connectivity index (χ2v) is 5.07. The summed E-state index contributed by atoms with van der Waals surface area (Å²) in [5.74, 6) is 0.714. The van der Waals surface area contributed by atoms with E-state index in [1.165, 1.54) is 6.92 Å². The Morgan fingerprint density at radius 3 is 2.56 bits per heavy atom. The third kappa shape index (κ3) is 3.19. The van der Waals surface area contributed by atoms with Gasteiger partial charge in [0, 0.05) is 6.54 Å². The Labute approximate surface area is 104 Å². The van der Waals surface area contributed by atoms with Crippen molar-refractivity contribution in [2.24, 2.45) is 5.73 Å². The zero-order valence-corrected chi connectivity index (χ0v) is 11.3. The number of halogens is 2. The molecule has 0 amide bonds. The number of hydrogen-bond donors (Lipinski definition) is 1. The van der Waals surface area contributed by atoms with Crippen molar-refractivity contribution in [1.29, 1.82) is 0 Å². The lowest BCUT2D eigenvalue weighted by atomic mass is 9.98. The molecule has 16 heavy (non-hydrogen) atoms. The lowest BCUT2D eigenvalue weighted by Gasteiger charge is -2.20. The van der Waals surface area contributed by atoms with Crippen molar-refractivity contribution in [2.45, 2.75) is 32.5 Å². The first kappa shape index (κ1) is 13.5. The second kappa shape index (κ2) is 5.15. The van der Waals surface area contributed by atoms with Crippen molar-refractivity contribution in [3.63, 3.8) is 0 Å². The predicted octanol–water partition coefficient (Wildman–Crippen LogP) is 3.38. The average molecular weight is 290 g/mol. The summed E-state index contributed by atoms with van der Waals surface area (Å²) in [6.45, 7) is 5.32. The van der Waals surface area contributed by atoms with Crippen molar-refractivity contribution >= 4 is 15.9 Å². The minimum absolute atomic E-state index is 0.0379. The number of nitrogens with two attached hydrogens (primary N) is 1. The summed E-state index contributed by atoms with van der Waals surface area (Å²) in [5.41, 5.74) is 4.44. The van der Waals surface area contributed by atoms with Crippen molar-refractivity contribution in [2.75, 3.05) is 6.54 Å². The number of benzene rings is 1. The fraction of sp³-hybridized carbons (Fsp3) is 0.500. The molecule has 2 nitrogen and oxygen atoms in total. The molecule has 1 aromatic carbocycles. The maximum absolute atomic E-state index is 13.9. The molecule has 0 aliphatic heterocycles. The molecule has 1 aromatic rings. The summed E-state index contributed by atoms with van der Waals surface area (Å²) >= 11 is 3.36. The van der Waals surface area contributed by atoms with Crippen LogP contribution in [0.15, 0.2) is 22.7 Å². The molecule has 0 aliphatic rings. The fourth-order valence-electron chi connectivity index (χ4n) is 1.29. The first-order valence-corrected chi connectivity index (χ1v) is 6.02. The highest BCUT2D eigenvalue weighted by Gasteiger charge is 2.24. The van der Waals surface area contributed by atoms with Crippen LogP contribution >= 0.6 is 15.9 Å². The Morgan fingerprint density at radius 1 is 1.50 bits per heavy atom. The molecule has 0 heterocycles. The molecule has 2 N–H and O–H groups in total. The standard InChI is InChI=1S/C12H17BrFNO/c1-8(2)16-11-5-4-9(6-10(11)13)12(3,14)7-15/h4-6,8H,7,15H2,1-3H3. The van der Waals surface area contributed by atoms with Crippen LogP contribution in [0.2, 0.25) is 0 Å². The summed E-state index contributed by atoms with van der Waals surface area (Å²) < 4.78 is 20.2. The van der Waals surface area contributed by atoms with E-state index in [0.717, 1.165) is 4.47 Å². The van der Waals surface area contributed by atoms with Gasteiger partial charge in [-0.1, -0.05) is 6.07 Å². The molecule has 1 atom stereocenters. The van der Waals surface area contributed by atoms with Crippen molar-refractivity contribution < 1.29 is 9.13 Å². The van der Waals surface area contributed by atoms with E-state index >= 15 is 0 Å². The SMILES string of the molecule is CC(C)Oc1ccc(C(C)(F)CN)cc1Br. The molecule has 0 radical (unpaired) electrons. The van der Waals surface area contributed by atoms with Crippen LogP contribution in [-0.4, -0.2) is 12.6 Å². The maximum atomic E-state index is 13.9. The zero-order valence-electron chi connectivity index (χ0n) is 9.76. The van der Waals surface area contributed by atoms with Gasteiger partial charge in [0.2, 0.25) is 0 Å². The summed E-state index contributed by atoms with van der Waals surface area (Å²) in [6.07, 6.45) is 0.0911. The quantitative estimate of drug-likeness (QED) is 0.922. The predicted molar refractivity (Wildman–Crippen MR) is 67.4 cm³/mol. The molecular formula is C12H17BrFNO. The smallest absolute Gasteiger partial charge is 0.145 e. The molecule has 0 aliphatic carbocycles. The third-order valence-corrected chi connectivity index (χ3v) is 2.90. The summed E-state index contributed by atoms with van der Waals surface area (Å²) in [5, 5.41) is 0. The highest BCUT2D eigenvalue weighted by Crippen LogP contribution is 2.32. The molecule has 1 rings (SSSR count). The molecule has 0 saturated heterocycles. The largest absolute Gasteiger partial charge is 0.490 e. The van der Waals surface area contributed by atoms with Gasteiger partial charge in [0.25, 0.3) is 0 Å². The molecular weight excluding hydrogens is 273 g/mol. The lowest BCUT2D eigenvalue weighted by molar-refractivity contribution is 0.202. The van der Waals surface area contributed by atoms with E-state index in [-0.39, 0.29) is 12.6 Å². The minimum atomic E-state index is -1.50. The van der Waals surface area contributed by atoms with E-state index in [4.69, 9.17) is 10.5 Å². The molecule has 90 valence electrons. The highest BCUT2D eigenvalue weighted by molar-refractivity contribution is 9.10. The van der Waals surface area contributed by atoms with Crippen molar-refractivity contribution in [3.8, 4) is 5.75 Å². The van der Waals surface area contributed by atoms with Gasteiger partial charge in [0.1, 0.15) is 11.4 Å². The van der Waals surface area contributed by atoms with Gasteiger partial charge in [-0.2, -0.15) is 0 Å². The van der Waals surface area contributed by atoms with E-state index in [2.05, 4.69) is 15.9 Å². The Bertz CT molecular complexity index is 366. The van der Waals surface area contributed by atoms with E-state index in [0.29, 0.717) is 11.3 Å². The van der Waals surface area contributed by atoms with Crippen LogP contribution in [0.5, 0.6) is 5.75 Å². The summed E-state index contributed by atoms with van der Waals surface area (Å²) in [7, 11) is 0. The van der Waals surface area contributed by atoms with Gasteiger partial charge >= 0.3 is 0 Å². The maximum Gasteiger partial charge on any atom is 0.145 e. The van der Waals surface area contributed by atoms with Crippen molar-refractivity contribution in [3.05, 3.63) is 28.2 Å². The van der Waals surface area contributed by atoms with Crippen LogP contribution in [-0.2, 0) is 5.67 Å². The molecule has 1 unspecified atom stereocenters. The highest BCUT2D eigenvalue weighted by atomic mass is 79.9. The molecule has 0 fully saturated rings. The second-order valence-electron chi connectivity index (χ2n) is 4.21. The number of ether oxygens (including phenoxy) is 1. The van der Waals surface area contributed by atoms with Crippen LogP contribution < -0.4 is 10.5 Å². The number of rotatable bonds is 4. The summed E-state index contributed by atoms with van der Waals surface area (Å²) in [4.78, 5) is 0. The van der Waals surface area contributed by atoms with Crippen LogP contribution in [0.1, 0.15) is 26.3 Å². The number of alkyl halides is 1. The van der Waals surface area contributed by atoms with Gasteiger partial charge < -0.3 is 10.5 Å². The molecule has 0 bridgehead atoms. The Kier molecular flexibility index (Phi) is 4.33. The first-order chi connectivity index (χ1) is 7.36. The van der Waals surface area contributed by atoms with Crippen molar-refractivity contribution in [1.82, 2.24) is 0 Å². The average Bonchev–Trinajstić information content (AvgIpc) is 2.20. The van der Waals surface area contributed by atoms with Gasteiger partial charge in [-0.15, -0.1) is 0 Å². The van der Waals surface area contributed by atoms with Crippen LogP contribution in [0.4, 0.5) is 4.39 Å². The van der Waals surface area contributed by atoms with Crippen LogP contribution in [0.3, 0.4) is 0 Å². The van der Waals surface area contributed by atoms with E-state index < -0.39 is 5.67 Å². The van der Waals surface area contributed by atoms with Gasteiger partial charge in [0.05, 0.1) is 10.6 Å². The molecule has 0 saturated carbocycles. The normalized spacial score (nSPS) is 14.9. The fourth-order valence-corrected chi connectivity index (χ4v) is 1.76. The van der Waals surface area contributed by atoms with E-state index in [1.807, 2.05) is 13.8 Å². The zero-order chi connectivity index (χ0) is 12.3. The topological polar surface area (TPSA) is 35.2 Å². The van der Waals surface area contributed by atoms with Gasteiger partial charge in [0.15, 0.2) is 0 Å². The number of hydrogen-bond acceptors (Lipinski definition) is 2. The molecule has 4 heteroatoms. The minimum Gasteiger partial charge on any atom is -0.490 e. The Morgan fingerprint density at radius 2 is 2.12 bits per heavy atom. The Hall–Kier alpha value is -0.610. The van der Waals surface area contributed by atoms with Crippen LogP contribution in [0, 0.1) is 0 Å². The molecule has 0 aromatic heterocycles. The first-order valence-electron chi connectivity index (χ1n) is 5.22. The Balaban J connectivity index is 2.99. The van der Waals surface area contributed by atoms with Gasteiger partial charge in [-0.3, -0.25) is 0 Å². The summed E-state index contributed by atoms with van der Waals surface area (Å²) in [6, 6.07) is 5.17. The van der Waals surface area contributed by atoms with Crippen LogP contribution in [0.25, 0.3) is 0 Å². The van der Waals surface area contributed by atoms with E-state index in [9.17, 15) is 4.39 Å². The molecule has 0 spiro atoms. The van der Waals surface area contributed by atoms with E-state index in [1.54, 1.807) is 18.2 Å². The third-order valence-electron chi connectivity index (χ3n) is 2.28. The van der Waals surface area contributed by atoms with Gasteiger partial charge in [-0.25, -0.2) is 4.39 Å². The monoisotopic (exact) mass is 289 g/mol.